The summed E-state index contributed by atoms with van der Waals surface area (Å²) in [5.41, 5.74) is 0. The van der Waals surface area contributed by atoms with Gasteiger partial charge in [0.25, 0.3) is 0 Å². The number of hydrogen-bond acceptors (Lipinski definition) is 3. The van der Waals surface area contributed by atoms with Crippen molar-refractivity contribution in [3.8, 4) is 0 Å². The first kappa shape index (κ1) is 13.2. The van der Waals surface area contributed by atoms with Crippen LogP contribution in [-0.2, 0) is 14.3 Å². The van der Waals surface area contributed by atoms with Crippen LogP contribution in [0.2, 0.25) is 0 Å². The molecule has 0 radical (unpaired) electrons. The molecule has 0 aromatic carbocycles. The highest BCUT2D eigenvalue weighted by Gasteiger charge is 2.05. The summed E-state index contributed by atoms with van der Waals surface area (Å²) in [7, 11) is 0. The lowest BCUT2D eigenvalue weighted by Gasteiger charge is -2.11. The fraction of sp³-hybridized carbons (Fsp3) is 0.727. The van der Waals surface area contributed by atoms with Gasteiger partial charge in [0.2, 0.25) is 0 Å². The van der Waals surface area contributed by atoms with Crippen molar-refractivity contribution in [2.45, 2.75) is 39.7 Å². The molecule has 0 fully saturated rings. The largest absolute Gasteiger partial charge is 0.457 e. The molecule has 3 heteroatoms. The van der Waals surface area contributed by atoms with E-state index in [-0.39, 0.29) is 12.1 Å². The predicted molar refractivity (Wildman–Crippen MR) is 56.1 cm³/mol. The van der Waals surface area contributed by atoms with Crippen molar-refractivity contribution in [1.29, 1.82) is 0 Å². The second kappa shape index (κ2) is 8.75. The highest BCUT2D eigenvalue weighted by Crippen LogP contribution is 1.96. The van der Waals surface area contributed by atoms with Crippen molar-refractivity contribution < 1.29 is 14.3 Å². The lowest BCUT2D eigenvalue weighted by atomic mass is 10.3. The summed E-state index contributed by atoms with van der Waals surface area (Å²) in [6.45, 7) is 6.93. The Kier molecular flexibility index (Phi) is 8.24. The lowest BCUT2D eigenvalue weighted by Crippen LogP contribution is -2.19. The molecule has 14 heavy (non-hydrogen) atoms. The molecule has 0 saturated heterocycles. The number of carbonyl (C=O) groups is 1. The van der Waals surface area contributed by atoms with Crippen LogP contribution in [0.15, 0.2) is 12.2 Å². The van der Waals surface area contributed by atoms with Gasteiger partial charge in [-0.05, 0) is 20.3 Å². The Morgan fingerprint density at radius 2 is 2.21 bits per heavy atom. The van der Waals surface area contributed by atoms with Crippen molar-refractivity contribution in [3.05, 3.63) is 12.2 Å². The van der Waals surface area contributed by atoms with Gasteiger partial charge in [-0.15, -0.1) is 0 Å². The number of unbranched alkanes of at least 4 members (excludes halogenated alkanes) is 1. The average Bonchev–Trinajstić information content (AvgIpc) is 2.13. The van der Waals surface area contributed by atoms with Crippen LogP contribution in [0.25, 0.3) is 0 Å². The van der Waals surface area contributed by atoms with Gasteiger partial charge in [0.05, 0.1) is 6.61 Å². The van der Waals surface area contributed by atoms with E-state index in [1.54, 1.807) is 13.0 Å². The molecule has 0 aliphatic carbocycles. The zero-order valence-corrected chi connectivity index (χ0v) is 9.29. The molecule has 0 bridgehead atoms. The molecule has 0 aromatic rings. The Balaban J connectivity index is 3.44. The van der Waals surface area contributed by atoms with Gasteiger partial charge in [-0.2, -0.15) is 0 Å². The summed E-state index contributed by atoms with van der Waals surface area (Å²) in [5.74, 6) is -0.306. The SMILES string of the molecule is C/C=C/C(=O)O[C@@H](C)COCCCC. The number of hydrogen-bond donors (Lipinski definition) is 0. The van der Waals surface area contributed by atoms with Crippen molar-refractivity contribution >= 4 is 5.97 Å². The van der Waals surface area contributed by atoms with E-state index in [0.717, 1.165) is 19.4 Å². The van der Waals surface area contributed by atoms with Crippen molar-refractivity contribution in [2.75, 3.05) is 13.2 Å². The summed E-state index contributed by atoms with van der Waals surface area (Å²) in [4.78, 5) is 11.0. The van der Waals surface area contributed by atoms with E-state index in [0.29, 0.717) is 6.61 Å². The van der Waals surface area contributed by atoms with Crippen LogP contribution in [0.5, 0.6) is 0 Å². The molecule has 3 nitrogen and oxygen atoms in total. The van der Waals surface area contributed by atoms with Crippen molar-refractivity contribution in [2.24, 2.45) is 0 Å². The summed E-state index contributed by atoms with van der Waals surface area (Å²) in [6, 6.07) is 0. The van der Waals surface area contributed by atoms with Crippen LogP contribution in [0.3, 0.4) is 0 Å². The summed E-state index contributed by atoms with van der Waals surface area (Å²) < 4.78 is 10.3. The minimum Gasteiger partial charge on any atom is -0.457 e. The van der Waals surface area contributed by atoms with E-state index in [4.69, 9.17) is 9.47 Å². The van der Waals surface area contributed by atoms with Gasteiger partial charge in [0.1, 0.15) is 6.10 Å². The van der Waals surface area contributed by atoms with E-state index in [1.807, 2.05) is 6.92 Å². The van der Waals surface area contributed by atoms with Gasteiger partial charge >= 0.3 is 5.97 Å². The Morgan fingerprint density at radius 1 is 1.50 bits per heavy atom. The summed E-state index contributed by atoms with van der Waals surface area (Å²) in [5, 5.41) is 0. The molecule has 1 atom stereocenters. The third kappa shape index (κ3) is 7.80. The highest BCUT2D eigenvalue weighted by atomic mass is 16.6. The molecule has 0 spiro atoms. The quantitative estimate of drug-likeness (QED) is 0.359. The zero-order valence-electron chi connectivity index (χ0n) is 9.29. The smallest absolute Gasteiger partial charge is 0.330 e. The maximum Gasteiger partial charge on any atom is 0.330 e. The second-order valence-corrected chi connectivity index (χ2v) is 3.18. The van der Waals surface area contributed by atoms with Crippen LogP contribution >= 0.6 is 0 Å². The minimum absolute atomic E-state index is 0.171. The second-order valence-electron chi connectivity index (χ2n) is 3.18. The van der Waals surface area contributed by atoms with Crippen LogP contribution < -0.4 is 0 Å². The molecule has 0 heterocycles. The number of ether oxygens (including phenoxy) is 2. The first-order valence-electron chi connectivity index (χ1n) is 5.11. The topological polar surface area (TPSA) is 35.5 Å². The third-order valence-corrected chi connectivity index (χ3v) is 1.61. The van der Waals surface area contributed by atoms with E-state index >= 15 is 0 Å². The number of allylic oxidation sites excluding steroid dienone is 1. The molecule has 0 unspecified atom stereocenters. The van der Waals surface area contributed by atoms with Crippen LogP contribution in [0, 0.1) is 0 Å². The van der Waals surface area contributed by atoms with Crippen LogP contribution in [-0.4, -0.2) is 25.3 Å². The molecule has 0 aliphatic rings. The minimum atomic E-state index is -0.306. The monoisotopic (exact) mass is 200 g/mol. The summed E-state index contributed by atoms with van der Waals surface area (Å²) in [6.07, 6.45) is 5.06. The fourth-order valence-electron chi connectivity index (χ4n) is 0.903. The molecule has 0 N–H and O–H groups in total. The van der Waals surface area contributed by atoms with E-state index in [9.17, 15) is 4.79 Å². The fourth-order valence-corrected chi connectivity index (χ4v) is 0.903. The number of carbonyl (C=O) groups excluding carboxylic acids is 1. The van der Waals surface area contributed by atoms with Gasteiger partial charge < -0.3 is 9.47 Å². The van der Waals surface area contributed by atoms with Gasteiger partial charge in [0, 0.05) is 12.7 Å². The molecule has 0 rings (SSSR count). The number of esters is 1. The standard InChI is InChI=1S/C11H20O3/c1-4-6-8-13-9-10(3)14-11(12)7-5-2/h5,7,10H,4,6,8-9H2,1-3H3/b7-5+/t10-/m0/s1. The molecule has 0 aliphatic heterocycles. The van der Waals surface area contributed by atoms with Gasteiger partial charge in [0.15, 0.2) is 0 Å². The van der Waals surface area contributed by atoms with Gasteiger partial charge in [-0.1, -0.05) is 19.4 Å². The molecular formula is C11H20O3. The molecule has 0 saturated carbocycles. The highest BCUT2D eigenvalue weighted by molar-refractivity contribution is 5.81. The van der Waals surface area contributed by atoms with Crippen LogP contribution in [0.4, 0.5) is 0 Å². The normalized spacial score (nSPS) is 13.1. The lowest BCUT2D eigenvalue weighted by molar-refractivity contribution is -0.144. The maximum absolute atomic E-state index is 11.0. The molecule has 0 amide bonds. The molecular weight excluding hydrogens is 180 g/mol. The Hall–Kier alpha value is -0.830. The van der Waals surface area contributed by atoms with Crippen molar-refractivity contribution in [1.82, 2.24) is 0 Å². The maximum atomic E-state index is 11.0. The molecule has 82 valence electrons. The zero-order chi connectivity index (χ0) is 10.8. The van der Waals surface area contributed by atoms with Gasteiger partial charge in [-0.3, -0.25) is 0 Å². The Morgan fingerprint density at radius 3 is 2.79 bits per heavy atom. The first-order valence-corrected chi connectivity index (χ1v) is 5.11. The predicted octanol–water partition coefficient (Wildman–Crippen LogP) is 2.31. The average molecular weight is 200 g/mol. The molecule has 0 aromatic heterocycles. The third-order valence-electron chi connectivity index (χ3n) is 1.61. The van der Waals surface area contributed by atoms with Crippen LogP contribution in [0.1, 0.15) is 33.6 Å². The van der Waals surface area contributed by atoms with E-state index in [1.165, 1.54) is 6.08 Å². The van der Waals surface area contributed by atoms with Crippen molar-refractivity contribution in [3.63, 3.8) is 0 Å². The van der Waals surface area contributed by atoms with Gasteiger partial charge in [-0.25, -0.2) is 4.79 Å². The van der Waals surface area contributed by atoms with E-state index in [2.05, 4.69) is 6.92 Å². The van der Waals surface area contributed by atoms with E-state index < -0.39 is 0 Å². The Bertz CT molecular complexity index is 175. The number of rotatable bonds is 7. The first-order chi connectivity index (χ1) is 6.70. The Labute approximate surface area is 86.1 Å². The summed E-state index contributed by atoms with van der Waals surface area (Å²) >= 11 is 0.